The Balaban J connectivity index is 2.85. The Morgan fingerprint density at radius 3 is 2.58 bits per heavy atom. The minimum absolute atomic E-state index is 0.0585. The van der Waals surface area contributed by atoms with Crippen LogP contribution in [0.2, 0.25) is 0 Å². The normalized spacial score (nSPS) is 9.58. The summed E-state index contributed by atoms with van der Waals surface area (Å²) in [5.74, 6) is -2.79. The summed E-state index contributed by atoms with van der Waals surface area (Å²) in [6.07, 6.45) is 0. The van der Waals surface area contributed by atoms with Crippen molar-refractivity contribution >= 4 is 23.5 Å². The Morgan fingerprint density at radius 2 is 2.00 bits per heavy atom. The van der Waals surface area contributed by atoms with Crippen LogP contribution in [0.3, 0.4) is 0 Å². The monoisotopic (exact) mass is 267 g/mol. The Hall–Kier alpha value is -2.57. The maximum atomic E-state index is 11.4. The maximum Gasteiger partial charge on any atom is 0.397 e. The van der Waals surface area contributed by atoms with Crippen LogP contribution < -0.4 is 10.1 Å². The number of phenolic OH excluding ortho intramolecular Hbond substituents is 1. The van der Waals surface area contributed by atoms with Crippen molar-refractivity contribution in [3.8, 4) is 11.5 Å². The van der Waals surface area contributed by atoms with E-state index in [0.29, 0.717) is 0 Å². The lowest BCUT2D eigenvalue weighted by Gasteiger charge is -2.08. The number of carbonyl (C=O) groups is 3. The van der Waals surface area contributed by atoms with Crippen molar-refractivity contribution in [2.75, 3.05) is 11.9 Å². The molecule has 0 bridgehead atoms. The first-order valence-corrected chi connectivity index (χ1v) is 5.43. The zero-order chi connectivity index (χ0) is 14.4. The second-order valence-corrected chi connectivity index (χ2v) is 3.45. The quantitative estimate of drug-likeness (QED) is 0.364. The Labute approximate surface area is 109 Å². The van der Waals surface area contributed by atoms with E-state index in [1.165, 1.54) is 25.1 Å². The second kappa shape index (κ2) is 6.39. The number of esters is 2. The number of phenols is 1. The number of amides is 1. The smallest absolute Gasteiger partial charge is 0.397 e. The molecule has 7 nitrogen and oxygen atoms in total. The van der Waals surface area contributed by atoms with Crippen LogP contribution in [0, 0.1) is 0 Å². The number of benzene rings is 1. The number of aromatic hydroxyl groups is 1. The van der Waals surface area contributed by atoms with Crippen molar-refractivity contribution in [2.24, 2.45) is 0 Å². The SMILES string of the molecule is CCOC(=O)C(=O)Nc1cc(OC(C)=O)ccc1O. The predicted octanol–water partition coefficient (Wildman–Crippen LogP) is 0.819. The third-order valence-corrected chi connectivity index (χ3v) is 1.94. The summed E-state index contributed by atoms with van der Waals surface area (Å²) >= 11 is 0. The summed E-state index contributed by atoms with van der Waals surface area (Å²) in [6.45, 7) is 2.83. The van der Waals surface area contributed by atoms with Gasteiger partial charge in [-0.15, -0.1) is 0 Å². The van der Waals surface area contributed by atoms with Crippen LogP contribution in [-0.4, -0.2) is 29.6 Å². The molecule has 1 rings (SSSR count). The van der Waals surface area contributed by atoms with E-state index >= 15 is 0 Å². The van der Waals surface area contributed by atoms with Gasteiger partial charge in [0.15, 0.2) is 0 Å². The number of rotatable bonds is 3. The first-order valence-electron chi connectivity index (χ1n) is 5.43. The van der Waals surface area contributed by atoms with E-state index in [0.717, 1.165) is 0 Å². The Kier molecular flexibility index (Phi) is 4.87. The molecular weight excluding hydrogens is 254 g/mol. The molecule has 0 saturated heterocycles. The molecule has 102 valence electrons. The van der Waals surface area contributed by atoms with Crippen LogP contribution in [0.4, 0.5) is 5.69 Å². The molecule has 0 heterocycles. The maximum absolute atomic E-state index is 11.4. The summed E-state index contributed by atoms with van der Waals surface area (Å²) in [7, 11) is 0. The Bertz CT molecular complexity index is 511. The molecule has 0 aromatic heterocycles. The van der Waals surface area contributed by atoms with Crippen LogP contribution in [0.15, 0.2) is 18.2 Å². The average molecular weight is 267 g/mol. The highest BCUT2D eigenvalue weighted by Crippen LogP contribution is 2.28. The molecule has 19 heavy (non-hydrogen) atoms. The number of hydrogen-bond donors (Lipinski definition) is 2. The van der Waals surface area contributed by atoms with Crippen molar-refractivity contribution in [2.45, 2.75) is 13.8 Å². The van der Waals surface area contributed by atoms with Crippen LogP contribution in [0.5, 0.6) is 11.5 Å². The van der Waals surface area contributed by atoms with Crippen molar-refractivity contribution in [3.05, 3.63) is 18.2 Å². The van der Waals surface area contributed by atoms with Gasteiger partial charge in [0.2, 0.25) is 0 Å². The third kappa shape index (κ3) is 4.30. The molecular formula is C12H13NO6. The summed E-state index contributed by atoms with van der Waals surface area (Å²) in [5.41, 5.74) is -0.0585. The fraction of sp³-hybridized carbons (Fsp3) is 0.250. The minimum Gasteiger partial charge on any atom is -0.506 e. The van der Waals surface area contributed by atoms with Crippen LogP contribution in [0.25, 0.3) is 0 Å². The van der Waals surface area contributed by atoms with E-state index in [1.54, 1.807) is 6.92 Å². The molecule has 0 unspecified atom stereocenters. The van der Waals surface area contributed by atoms with Gasteiger partial charge in [-0.3, -0.25) is 9.59 Å². The van der Waals surface area contributed by atoms with E-state index in [9.17, 15) is 19.5 Å². The average Bonchev–Trinajstić information content (AvgIpc) is 2.33. The van der Waals surface area contributed by atoms with Gasteiger partial charge in [-0.05, 0) is 19.1 Å². The van der Waals surface area contributed by atoms with Gasteiger partial charge in [0.25, 0.3) is 0 Å². The van der Waals surface area contributed by atoms with Gasteiger partial charge in [0, 0.05) is 13.0 Å². The van der Waals surface area contributed by atoms with Crippen molar-refractivity contribution in [1.29, 1.82) is 0 Å². The number of carbonyl (C=O) groups excluding carboxylic acids is 3. The molecule has 0 atom stereocenters. The number of anilines is 1. The summed E-state index contributed by atoms with van der Waals surface area (Å²) in [4.78, 5) is 33.3. The lowest BCUT2D eigenvalue weighted by molar-refractivity contribution is -0.152. The fourth-order valence-electron chi connectivity index (χ4n) is 1.21. The van der Waals surface area contributed by atoms with Gasteiger partial charge in [-0.25, -0.2) is 4.79 Å². The molecule has 1 aromatic carbocycles. The van der Waals surface area contributed by atoms with E-state index in [-0.39, 0.29) is 23.8 Å². The predicted molar refractivity (Wildman–Crippen MR) is 64.7 cm³/mol. The Morgan fingerprint density at radius 1 is 1.32 bits per heavy atom. The topological polar surface area (TPSA) is 102 Å². The largest absolute Gasteiger partial charge is 0.506 e. The molecule has 0 aliphatic carbocycles. The second-order valence-electron chi connectivity index (χ2n) is 3.45. The fourth-order valence-corrected chi connectivity index (χ4v) is 1.21. The first-order chi connectivity index (χ1) is 8.93. The highest BCUT2D eigenvalue weighted by molar-refractivity contribution is 6.37. The van der Waals surface area contributed by atoms with Crippen LogP contribution in [-0.2, 0) is 19.1 Å². The van der Waals surface area contributed by atoms with Gasteiger partial charge in [-0.1, -0.05) is 0 Å². The summed E-state index contributed by atoms with van der Waals surface area (Å²) in [6, 6.07) is 3.78. The van der Waals surface area contributed by atoms with Gasteiger partial charge >= 0.3 is 17.8 Å². The van der Waals surface area contributed by atoms with Crippen molar-refractivity contribution in [1.82, 2.24) is 0 Å². The van der Waals surface area contributed by atoms with E-state index in [4.69, 9.17) is 4.74 Å². The highest BCUT2D eigenvalue weighted by atomic mass is 16.5. The standard InChI is InChI=1S/C12H13NO6/c1-3-18-12(17)11(16)13-9-6-8(19-7(2)14)4-5-10(9)15/h4-6,15H,3H2,1-2H3,(H,13,16). The lowest BCUT2D eigenvalue weighted by Crippen LogP contribution is -2.25. The number of ether oxygens (including phenoxy) is 2. The molecule has 0 fully saturated rings. The molecule has 2 N–H and O–H groups in total. The minimum atomic E-state index is -1.07. The zero-order valence-corrected chi connectivity index (χ0v) is 10.4. The van der Waals surface area contributed by atoms with Crippen molar-refractivity contribution < 1.29 is 29.0 Å². The highest BCUT2D eigenvalue weighted by Gasteiger charge is 2.17. The first kappa shape index (κ1) is 14.5. The van der Waals surface area contributed by atoms with E-state index in [1.807, 2.05) is 0 Å². The molecule has 0 saturated carbocycles. The molecule has 0 aliphatic heterocycles. The lowest BCUT2D eigenvalue weighted by atomic mass is 10.2. The summed E-state index contributed by atoms with van der Waals surface area (Å²) in [5, 5.41) is 11.7. The summed E-state index contributed by atoms with van der Waals surface area (Å²) < 4.78 is 9.27. The zero-order valence-electron chi connectivity index (χ0n) is 10.4. The van der Waals surface area contributed by atoms with Gasteiger partial charge < -0.3 is 19.9 Å². The van der Waals surface area contributed by atoms with Gasteiger partial charge in [-0.2, -0.15) is 0 Å². The van der Waals surface area contributed by atoms with Gasteiger partial charge in [0.05, 0.1) is 12.3 Å². The van der Waals surface area contributed by atoms with Gasteiger partial charge in [0.1, 0.15) is 11.5 Å². The van der Waals surface area contributed by atoms with Crippen LogP contribution in [0.1, 0.15) is 13.8 Å². The molecule has 1 amide bonds. The van der Waals surface area contributed by atoms with Crippen molar-refractivity contribution in [3.63, 3.8) is 0 Å². The van der Waals surface area contributed by atoms with E-state index in [2.05, 4.69) is 10.1 Å². The molecule has 7 heteroatoms. The molecule has 0 aliphatic rings. The van der Waals surface area contributed by atoms with E-state index < -0.39 is 17.8 Å². The molecule has 0 spiro atoms. The molecule has 0 radical (unpaired) electrons. The number of hydrogen-bond acceptors (Lipinski definition) is 6. The number of nitrogens with one attached hydrogen (secondary N) is 1. The molecule has 1 aromatic rings. The van der Waals surface area contributed by atoms with Crippen LogP contribution >= 0.6 is 0 Å². The third-order valence-electron chi connectivity index (χ3n) is 1.94.